The van der Waals surface area contributed by atoms with Gasteiger partial charge in [0.15, 0.2) is 5.76 Å². The molecule has 2 atom stereocenters. The van der Waals surface area contributed by atoms with Crippen LogP contribution in [-0.2, 0) is 6.42 Å². The van der Waals surface area contributed by atoms with E-state index in [0.29, 0.717) is 6.42 Å². The van der Waals surface area contributed by atoms with Gasteiger partial charge in [-0.05, 0) is 43.5 Å². The standard InChI is InChI=1S/C17H16FNO4/c1-9-5-11-6-13(18)3-4-14(11)10(2)19(9)16(20)15-7-12(8-23-15)17(21)22/h3-4,6-10H,5H2,1-2H3,(H,21,22)/t9-,10+/m1/s1. The average Bonchev–Trinajstić information content (AvgIpc) is 2.96. The number of carbonyl (C=O) groups excluding carboxylic acids is 1. The van der Waals surface area contributed by atoms with Gasteiger partial charge < -0.3 is 14.4 Å². The Morgan fingerprint density at radius 2 is 2.04 bits per heavy atom. The predicted octanol–water partition coefficient (Wildman–Crippen LogP) is 3.26. The quantitative estimate of drug-likeness (QED) is 0.923. The zero-order chi connectivity index (χ0) is 16.7. The van der Waals surface area contributed by atoms with Gasteiger partial charge in [-0.1, -0.05) is 6.07 Å². The highest BCUT2D eigenvalue weighted by Gasteiger charge is 2.34. The molecule has 6 heteroatoms. The Labute approximate surface area is 132 Å². The molecular formula is C17H16FNO4. The first kappa shape index (κ1) is 15.3. The molecule has 23 heavy (non-hydrogen) atoms. The first-order valence-electron chi connectivity index (χ1n) is 7.31. The van der Waals surface area contributed by atoms with Crippen LogP contribution in [0.5, 0.6) is 0 Å². The molecule has 0 aliphatic carbocycles. The Bertz CT molecular complexity index is 783. The van der Waals surface area contributed by atoms with E-state index in [0.717, 1.165) is 17.4 Å². The van der Waals surface area contributed by atoms with Crippen LogP contribution in [-0.4, -0.2) is 27.9 Å². The highest BCUT2D eigenvalue weighted by atomic mass is 19.1. The molecule has 0 radical (unpaired) electrons. The maximum Gasteiger partial charge on any atom is 0.338 e. The van der Waals surface area contributed by atoms with Gasteiger partial charge >= 0.3 is 5.97 Å². The topological polar surface area (TPSA) is 70.8 Å². The molecule has 0 unspecified atom stereocenters. The second-order valence-corrected chi connectivity index (χ2v) is 5.79. The SMILES string of the molecule is C[C@@H]1Cc2cc(F)ccc2[C@H](C)N1C(=O)c1cc(C(=O)O)co1. The van der Waals surface area contributed by atoms with Gasteiger partial charge in [-0.2, -0.15) is 0 Å². The van der Waals surface area contributed by atoms with Crippen LogP contribution in [0.2, 0.25) is 0 Å². The summed E-state index contributed by atoms with van der Waals surface area (Å²) in [7, 11) is 0. The van der Waals surface area contributed by atoms with Gasteiger partial charge in [0.1, 0.15) is 12.1 Å². The van der Waals surface area contributed by atoms with E-state index in [-0.39, 0.29) is 35.1 Å². The summed E-state index contributed by atoms with van der Waals surface area (Å²) in [4.78, 5) is 25.3. The van der Waals surface area contributed by atoms with Crippen LogP contribution in [0.1, 0.15) is 51.9 Å². The lowest BCUT2D eigenvalue weighted by molar-refractivity contribution is 0.0547. The van der Waals surface area contributed by atoms with Crippen molar-refractivity contribution in [1.82, 2.24) is 4.90 Å². The van der Waals surface area contributed by atoms with E-state index in [1.54, 1.807) is 11.0 Å². The van der Waals surface area contributed by atoms with Crippen molar-refractivity contribution in [3.63, 3.8) is 0 Å². The number of halogens is 1. The summed E-state index contributed by atoms with van der Waals surface area (Å²) in [6, 6.07) is 5.39. The third-order valence-electron chi connectivity index (χ3n) is 4.25. The van der Waals surface area contributed by atoms with Crippen molar-refractivity contribution in [2.45, 2.75) is 32.4 Å². The minimum Gasteiger partial charge on any atom is -0.478 e. The first-order valence-corrected chi connectivity index (χ1v) is 7.31. The zero-order valence-corrected chi connectivity index (χ0v) is 12.7. The summed E-state index contributed by atoms with van der Waals surface area (Å²) in [5, 5.41) is 8.93. The van der Waals surface area contributed by atoms with Gasteiger partial charge in [0.25, 0.3) is 5.91 Å². The van der Waals surface area contributed by atoms with Crippen molar-refractivity contribution in [2.75, 3.05) is 0 Å². The molecule has 1 aliphatic rings. The molecule has 1 aromatic carbocycles. The van der Waals surface area contributed by atoms with E-state index in [9.17, 15) is 14.0 Å². The van der Waals surface area contributed by atoms with Crippen molar-refractivity contribution in [3.05, 3.63) is 58.8 Å². The monoisotopic (exact) mass is 317 g/mol. The molecule has 1 aliphatic heterocycles. The molecule has 2 heterocycles. The third kappa shape index (κ3) is 2.60. The number of benzene rings is 1. The number of amides is 1. The van der Waals surface area contributed by atoms with E-state index < -0.39 is 5.97 Å². The predicted molar refractivity (Wildman–Crippen MR) is 79.8 cm³/mol. The molecule has 2 aromatic rings. The molecule has 120 valence electrons. The molecule has 1 amide bonds. The fourth-order valence-electron chi connectivity index (χ4n) is 3.17. The zero-order valence-electron chi connectivity index (χ0n) is 12.7. The number of nitrogens with zero attached hydrogens (tertiary/aromatic N) is 1. The number of rotatable bonds is 2. The summed E-state index contributed by atoms with van der Waals surface area (Å²) < 4.78 is 18.5. The molecule has 0 bridgehead atoms. The minimum atomic E-state index is -1.15. The lowest BCUT2D eigenvalue weighted by Crippen LogP contribution is -2.44. The Balaban J connectivity index is 1.94. The fourth-order valence-corrected chi connectivity index (χ4v) is 3.17. The normalized spacial score (nSPS) is 20.2. The second-order valence-electron chi connectivity index (χ2n) is 5.79. The summed E-state index contributed by atoms with van der Waals surface area (Å²) in [5.41, 5.74) is 1.72. The summed E-state index contributed by atoms with van der Waals surface area (Å²) in [6.45, 7) is 3.74. The van der Waals surface area contributed by atoms with E-state index in [2.05, 4.69) is 0 Å². The lowest BCUT2D eigenvalue weighted by Gasteiger charge is -2.40. The van der Waals surface area contributed by atoms with E-state index in [1.165, 1.54) is 18.2 Å². The maximum absolute atomic E-state index is 13.4. The molecule has 5 nitrogen and oxygen atoms in total. The van der Waals surface area contributed by atoms with Gasteiger partial charge in [0.2, 0.25) is 0 Å². The smallest absolute Gasteiger partial charge is 0.338 e. The van der Waals surface area contributed by atoms with Crippen LogP contribution in [0.15, 0.2) is 34.9 Å². The number of hydrogen-bond donors (Lipinski definition) is 1. The van der Waals surface area contributed by atoms with E-state index in [1.807, 2.05) is 13.8 Å². The van der Waals surface area contributed by atoms with Crippen molar-refractivity contribution < 1.29 is 23.5 Å². The average molecular weight is 317 g/mol. The number of carbonyl (C=O) groups is 2. The van der Waals surface area contributed by atoms with Crippen LogP contribution in [0, 0.1) is 5.82 Å². The Hall–Kier alpha value is -2.63. The van der Waals surface area contributed by atoms with Crippen molar-refractivity contribution in [3.8, 4) is 0 Å². The van der Waals surface area contributed by atoms with Crippen LogP contribution in [0.4, 0.5) is 4.39 Å². The third-order valence-corrected chi connectivity index (χ3v) is 4.25. The van der Waals surface area contributed by atoms with Crippen molar-refractivity contribution >= 4 is 11.9 Å². The highest BCUT2D eigenvalue weighted by molar-refractivity contribution is 5.96. The molecular weight excluding hydrogens is 301 g/mol. The number of fused-ring (bicyclic) bond motifs is 1. The Morgan fingerprint density at radius 1 is 1.30 bits per heavy atom. The molecule has 3 rings (SSSR count). The summed E-state index contributed by atoms with van der Waals surface area (Å²) in [5.74, 6) is -1.81. The number of hydrogen-bond acceptors (Lipinski definition) is 3. The van der Waals surface area contributed by atoms with Gasteiger partial charge in [0, 0.05) is 12.1 Å². The molecule has 0 saturated carbocycles. The second kappa shape index (κ2) is 5.53. The Morgan fingerprint density at radius 3 is 2.70 bits per heavy atom. The number of carboxylic acid groups (broad SMARTS) is 1. The van der Waals surface area contributed by atoms with Crippen LogP contribution in [0.25, 0.3) is 0 Å². The molecule has 1 N–H and O–H groups in total. The van der Waals surface area contributed by atoms with Crippen LogP contribution < -0.4 is 0 Å². The number of furan rings is 1. The first-order chi connectivity index (χ1) is 10.9. The van der Waals surface area contributed by atoms with Gasteiger partial charge in [-0.15, -0.1) is 0 Å². The van der Waals surface area contributed by atoms with E-state index >= 15 is 0 Å². The van der Waals surface area contributed by atoms with Crippen molar-refractivity contribution in [2.24, 2.45) is 0 Å². The lowest BCUT2D eigenvalue weighted by atomic mass is 9.89. The van der Waals surface area contributed by atoms with Gasteiger partial charge in [0.05, 0.1) is 11.6 Å². The van der Waals surface area contributed by atoms with Crippen LogP contribution in [0.3, 0.4) is 0 Å². The Kier molecular flexibility index (Phi) is 3.67. The van der Waals surface area contributed by atoms with Gasteiger partial charge in [-0.3, -0.25) is 4.79 Å². The number of carboxylic acids is 1. The summed E-state index contributed by atoms with van der Waals surface area (Å²) >= 11 is 0. The highest BCUT2D eigenvalue weighted by Crippen LogP contribution is 2.34. The molecule has 0 fully saturated rings. The molecule has 1 aromatic heterocycles. The maximum atomic E-state index is 13.4. The minimum absolute atomic E-state index is 0.00772. The largest absolute Gasteiger partial charge is 0.478 e. The molecule has 0 saturated heterocycles. The van der Waals surface area contributed by atoms with Crippen LogP contribution >= 0.6 is 0 Å². The fraction of sp³-hybridized carbons (Fsp3) is 0.294. The summed E-state index contributed by atoms with van der Waals surface area (Å²) in [6.07, 6.45) is 1.59. The van der Waals surface area contributed by atoms with Crippen molar-refractivity contribution in [1.29, 1.82) is 0 Å². The van der Waals surface area contributed by atoms with E-state index in [4.69, 9.17) is 9.52 Å². The number of aromatic carboxylic acids is 1. The van der Waals surface area contributed by atoms with Gasteiger partial charge in [-0.25, -0.2) is 9.18 Å². The molecule has 0 spiro atoms.